The van der Waals surface area contributed by atoms with Crippen molar-refractivity contribution in [2.75, 3.05) is 0 Å². The van der Waals surface area contributed by atoms with Crippen molar-refractivity contribution in [3.8, 4) is 0 Å². The topological polar surface area (TPSA) is 24.7 Å². The van der Waals surface area contributed by atoms with Crippen molar-refractivity contribution < 1.29 is 0 Å². The minimum Gasteiger partial charge on any atom is -0.159 e. The van der Waals surface area contributed by atoms with Gasteiger partial charge in [0.1, 0.15) is 0 Å². The fraction of sp³-hybridized carbons (Fsp3) is 0.200. The Morgan fingerprint density at radius 2 is 1.32 bits per heavy atom. The molecule has 0 saturated carbocycles. The molecule has 0 atom stereocenters. The van der Waals surface area contributed by atoms with Crippen molar-refractivity contribution in [1.82, 2.24) is 0 Å². The normalized spacial score (nSPS) is 11.3. The molecular formula is C20H22N2. The van der Waals surface area contributed by atoms with Gasteiger partial charge in [-0.05, 0) is 35.1 Å². The maximum Gasteiger partial charge on any atom is 0.0568 e. The maximum atomic E-state index is 4.10. The van der Waals surface area contributed by atoms with Gasteiger partial charge >= 0.3 is 0 Å². The Morgan fingerprint density at radius 3 is 1.77 bits per heavy atom. The summed E-state index contributed by atoms with van der Waals surface area (Å²) in [5.74, 6) is 0. The van der Waals surface area contributed by atoms with Gasteiger partial charge in [0.25, 0.3) is 0 Å². The molecule has 2 aromatic carbocycles. The van der Waals surface area contributed by atoms with Crippen molar-refractivity contribution in [2.24, 2.45) is 10.2 Å². The Labute approximate surface area is 132 Å². The van der Waals surface area contributed by atoms with Gasteiger partial charge in [-0.15, -0.1) is 6.58 Å². The monoisotopic (exact) mass is 290 g/mol. The van der Waals surface area contributed by atoms with Gasteiger partial charge in [0.2, 0.25) is 0 Å². The van der Waals surface area contributed by atoms with Crippen molar-refractivity contribution in [3.63, 3.8) is 0 Å². The molecule has 2 heteroatoms. The van der Waals surface area contributed by atoms with Crippen LogP contribution in [0.1, 0.15) is 35.6 Å². The van der Waals surface area contributed by atoms with E-state index in [0.29, 0.717) is 0 Å². The number of rotatable bonds is 7. The Morgan fingerprint density at radius 1 is 0.818 bits per heavy atom. The van der Waals surface area contributed by atoms with Crippen molar-refractivity contribution >= 4 is 12.4 Å². The van der Waals surface area contributed by atoms with Crippen LogP contribution < -0.4 is 0 Å². The quantitative estimate of drug-likeness (QED) is 0.397. The first-order valence-corrected chi connectivity index (χ1v) is 7.67. The van der Waals surface area contributed by atoms with Gasteiger partial charge < -0.3 is 0 Å². The molecule has 0 aromatic heterocycles. The smallest absolute Gasteiger partial charge is 0.0568 e. The molecule has 0 aliphatic carbocycles. The molecule has 0 N–H and O–H groups in total. The van der Waals surface area contributed by atoms with Gasteiger partial charge in [-0.25, -0.2) is 0 Å². The summed E-state index contributed by atoms with van der Waals surface area (Å²) in [6.45, 7) is 5.93. The van der Waals surface area contributed by atoms with E-state index in [1.807, 2.05) is 18.2 Å². The average Bonchev–Trinajstić information content (AvgIpc) is 2.55. The number of nitrogens with zero attached hydrogens (tertiary/aromatic N) is 2. The maximum absolute atomic E-state index is 4.10. The van der Waals surface area contributed by atoms with Gasteiger partial charge in [0.05, 0.1) is 12.4 Å². The van der Waals surface area contributed by atoms with Crippen LogP contribution in [0, 0.1) is 0 Å². The van der Waals surface area contributed by atoms with E-state index in [4.69, 9.17) is 0 Å². The Hall–Kier alpha value is -2.48. The zero-order valence-corrected chi connectivity index (χ0v) is 13.1. The summed E-state index contributed by atoms with van der Waals surface area (Å²) in [5, 5.41) is 8.20. The van der Waals surface area contributed by atoms with E-state index in [1.165, 1.54) is 17.5 Å². The molecule has 0 radical (unpaired) electrons. The molecule has 0 saturated heterocycles. The molecule has 112 valence electrons. The van der Waals surface area contributed by atoms with E-state index >= 15 is 0 Å². The van der Waals surface area contributed by atoms with Crippen molar-refractivity contribution in [2.45, 2.75) is 26.2 Å². The van der Waals surface area contributed by atoms with E-state index < -0.39 is 0 Å². The fourth-order valence-electron chi connectivity index (χ4n) is 2.17. The summed E-state index contributed by atoms with van der Waals surface area (Å²) in [4.78, 5) is 0. The highest BCUT2D eigenvalue weighted by Gasteiger charge is 1.92. The van der Waals surface area contributed by atoms with E-state index in [0.717, 1.165) is 24.0 Å². The molecule has 2 rings (SSSR count). The SMILES string of the molecule is C=CCc1ccc(/C=N/N=C/c2ccc(CCC)cc2)cc1. The molecule has 0 fully saturated rings. The largest absolute Gasteiger partial charge is 0.159 e. The first-order chi connectivity index (χ1) is 10.8. The second-order valence-corrected chi connectivity index (χ2v) is 5.22. The van der Waals surface area contributed by atoms with Crippen LogP contribution in [-0.4, -0.2) is 12.4 Å². The Bertz CT molecular complexity index is 634. The molecule has 0 aliphatic heterocycles. The lowest BCUT2D eigenvalue weighted by Gasteiger charge is -1.98. The van der Waals surface area contributed by atoms with Crippen LogP contribution in [0.2, 0.25) is 0 Å². The zero-order chi connectivity index (χ0) is 15.6. The number of aryl methyl sites for hydroxylation is 1. The molecule has 0 spiro atoms. The van der Waals surface area contributed by atoms with Crippen LogP contribution in [0.15, 0.2) is 71.4 Å². The third kappa shape index (κ3) is 5.13. The summed E-state index contributed by atoms with van der Waals surface area (Å²) < 4.78 is 0. The Kier molecular flexibility index (Phi) is 6.31. The molecule has 22 heavy (non-hydrogen) atoms. The van der Waals surface area contributed by atoms with Crippen molar-refractivity contribution in [1.29, 1.82) is 0 Å². The average molecular weight is 290 g/mol. The predicted octanol–water partition coefficient (Wildman–Crippen LogP) is 4.82. The van der Waals surface area contributed by atoms with E-state index in [1.54, 1.807) is 12.4 Å². The molecular weight excluding hydrogens is 268 g/mol. The summed E-state index contributed by atoms with van der Waals surface area (Å²) in [5.41, 5.74) is 4.73. The molecule has 0 heterocycles. The highest BCUT2D eigenvalue weighted by atomic mass is 15.2. The second kappa shape index (κ2) is 8.73. The first kappa shape index (κ1) is 15.9. The number of allylic oxidation sites excluding steroid dienone is 1. The molecule has 0 amide bonds. The van der Waals surface area contributed by atoms with Gasteiger partial charge in [-0.3, -0.25) is 0 Å². The number of hydrogen-bond donors (Lipinski definition) is 0. The van der Waals surface area contributed by atoms with Crippen LogP contribution in [-0.2, 0) is 12.8 Å². The molecule has 2 nitrogen and oxygen atoms in total. The zero-order valence-electron chi connectivity index (χ0n) is 13.1. The van der Waals surface area contributed by atoms with Gasteiger partial charge in [-0.2, -0.15) is 10.2 Å². The standard InChI is InChI=1S/C20H22N2/c1-3-5-17-7-11-19(12-8-17)15-21-22-16-20-13-9-18(6-4-2)10-14-20/h3,7-16H,1,4-6H2,2H3/b21-15+,22-16+. The molecule has 0 unspecified atom stereocenters. The van der Waals surface area contributed by atoms with Gasteiger partial charge in [-0.1, -0.05) is 68.0 Å². The lowest BCUT2D eigenvalue weighted by molar-refractivity contribution is 0.922. The van der Waals surface area contributed by atoms with E-state index in [2.05, 4.69) is 60.1 Å². The Balaban J connectivity index is 1.91. The number of benzene rings is 2. The lowest BCUT2D eigenvalue weighted by Crippen LogP contribution is -1.86. The van der Waals surface area contributed by atoms with Crippen LogP contribution in [0.4, 0.5) is 0 Å². The molecule has 2 aromatic rings. The van der Waals surface area contributed by atoms with Crippen LogP contribution >= 0.6 is 0 Å². The summed E-state index contributed by atoms with van der Waals surface area (Å²) in [7, 11) is 0. The van der Waals surface area contributed by atoms with Crippen LogP contribution in [0.25, 0.3) is 0 Å². The third-order valence-corrected chi connectivity index (χ3v) is 3.36. The van der Waals surface area contributed by atoms with Crippen LogP contribution in [0.5, 0.6) is 0 Å². The van der Waals surface area contributed by atoms with Gasteiger partial charge in [0, 0.05) is 0 Å². The van der Waals surface area contributed by atoms with Crippen molar-refractivity contribution in [3.05, 3.63) is 83.4 Å². The highest BCUT2D eigenvalue weighted by Crippen LogP contribution is 2.06. The van der Waals surface area contributed by atoms with Crippen LogP contribution in [0.3, 0.4) is 0 Å². The molecule has 0 bridgehead atoms. The first-order valence-electron chi connectivity index (χ1n) is 7.67. The third-order valence-electron chi connectivity index (χ3n) is 3.36. The second-order valence-electron chi connectivity index (χ2n) is 5.22. The lowest BCUT2D eigenvalue weighted by atomic mass is 10.1. The van der Waals surface area contributed by atoms with E-state index in [-0.39, 0.29) is 0 Å². The summed E-state index contributed by atoms with van der Waals surface area (Å²) in [6.07, 6.45) is 8.63. The minimum atomic E-state index is 0.892. The predicted molar refractivity (Wildman–Crippen MR) is 96.0 cm³/mol. The highest BCUT2D eigenvalue weighted by molar-refractivity contribution is 5.82. The summed E-state index contributed by atoms with van der Waals surface area (Å²) in [6, 6.07) is 16.7. The summed E-state index contributed by atoms with van der Waals surface area (Å²) >= 11 is 0. The van der Waals surface area contributed by atoms with Gasteiger partial charge in [0.15, 0.2) is 0 Å². The molecule has 0 aliphatic rings. The minimum absolute atomic E-state index is 0.892. The number of hydrogen-bond acceptors (Lipinski definition) is 2. The fourth-order valence-corrected chi connectivity index (χ4v) is 2.17. The van der Waals surface area contributed by atoms with E-state index in [9.17, 15) is 0 Å².